The number of ether oxygens (including phenoxy) is 5. The van der Waals surface area contributed by atoms with E-state index in [4.69, 9.17) is 29.1 Å². The fourth-order valence-electron chi connectivity index (χ4n) is 5.34. The Balaban J connectivity index is 1.70. The number of aliphatic hydroxyl groups excluding tert-OH is 2. The minimum absolute atomic E-state index is 0.0685. The van der Waals surface area contributed by atoms with Crippen LogP contribution in [0, 0.1) is 11.3 Å². The number of aliphatic hydroxyl groups is 3. The van der Waals surface area contributed by atoms with Crippen molar-refractivity contribution in [1.82, 2.24) is 10.6 Å². The molecule has 0 radical (unpaired) electrons. The molecule has 5 saturated heterocycles. The van der Waals surface area contributed by atoms with Crippen LogP contribution in [0.5, 0.6) is 0 Å². The lowest BCUT2D eigenvalue weighted by Crippen LogP contribution is -2.96. The second-order valence-electron chi connectivity index (χ2n) is 8.06. The van der Waals surface area contributed by atoms with E-state index in [-0.39, 0.29) is 12.6 Å². The third kappa shape index (κ3) is 1.69. The lowest BCUT2D eigenvalue weighted by atomic mass is 9.55. The van der Waals surface area contributed by atoms with Crippen LogP contribution in [-0.2, 0) is 23.7 Å². The van der Waals surface area contributed by atoms with Gasteiger partial charge in [-0.15, -0.1) is 0 Å². The molecule has 2 spiro atoms. The molecule has 4 bridgehead atoms. The Kier molecular flexibility index (Phi) is 3.07. The minimum Gasteiger partial charge on any atom is -0.388 e. The van der Waals surface area contributed by atoms with E-state index in [1.165, 1.54) is 7.11 Å². The third-order valence-corrected chi connectivity index (χ3v) is 6.30. The van der Waals surface area contributed by atoms with Gasteiger partial charge in [0.15, 0.2) is 23.5 Å². The van der Waals surface area contributed by atoms with Gasteiger partial charge in [-0.25, -0.2) is 0 Å². The molecule has 1 aliphatic carbocycles. The predicted molar refractivity (Wildman–Crippen MR) is 81.6 cm³/mol. The van der Waals surface area contributed by atoms with E-state index in [2.05, 4.69) is 10.6 Å². The predicted octanol–water partition coefficient (Wildman–Crippen LogP) is -2.86. The van der Waals surface area contributed by atoms with Gasteiger partial charge in [-0.2, -0.15) is 0 Å². The van der Waals surface area contributed by atoms with Crippen LogP contribution in [0.15, 0.2) is 0 Å². The monoisotopic (exact) mass is 373 g/mol. The molecular weight excluding hydrogens is 350 g/mol. The Morgan fingerprint density at radius 3 is 2.54 bits per heavy atom. The van der Waals surface area contributed by atoms with Gasteiger partial charge in [0.25, 0.3) is 0 Å². The van der Waals surface area contributed by atoms with E-state index < -0.39 is 59.5 Å². The fourth-order valence-corrected chi connectivity index (χ4v) is 5.34. The Morgan fingerprint density at radius 2 is 1.92 bits per heavy atom. The lowest BCUT2D eigenvalue weighted by molar-refractivity contribution is -0.548. The molecule has 6 aliphatic rings. The molecule has 9 atom stereocenters. The maximum absolute atomic E-state index is 11.2. The summed E-state index contributed by atoms with van der Waals surface area (Å²) in [6.07, 6.45) is -5.62. The Morgan fingerprint density at radius 1 is 1.23 bits per heavy atom. The minimum atomic E-state index is -2.34. The summed E-state index contributed by atoms with van der Waals surface area (Å²) in [5, 5.41) is 46.4. The largest absolute Gasteiger partial charge is 0.388 e. The van der Waals surface area contributed by atoms with Gasteiger partial charge in [-0.3, -0.25) is 5.41 Å². The first kappa shape index (κ1) is 17.1. The number of methoxy groups -OCH3 is 1. The van der Waals surface area contributed by atoms with E-state index in [0.717, 1.165) is 0 Å². The van der Waals surface area contributed by atoms with Crippen LogP contribution in [0.2, 0.25) is 0 Å². The smallest absolute Gasteiger partial charge is 0.311 e. The highest BCUT2D eigenvalue weighted by Crippen LogP contribution is 2.61. The number of hydrogen-bond donors (Lipinski definition) is 6. The van der Waals surface area contributed by atoms with Gasteiger partial charge in [0.1, 0.15) is 30.1 Å². The highest BCUT2D eigenvalue weighted by Gasteiger charge is 2.85. The van der Waals surface area contributed by atoms with E-state index in [1.54, 1.807) is 13.8 Å². The highest BCUT2D eigenvalue weighted by atomic mass is 16.9. The van der Waals surface area contributed by atoms with Crippen LogP contribution < -0.4 is 10.6 Å². The Bertz CT molecular complexity index is 677. The average molecular weight is 373 g/mol. The number of rotatable bonds is 1. The maximum Gasteiger partial charge on any atom is 0.311 e. The molecule has 11 nitrogen and oxygen atoms in total. The lowest BCUT2D eigenvalue weighted by Gasteiger charge is -2.72. The van der Waals surface area contributed by atoms with Crippen molar-refractivity contribution in [3.63, 3.8) is 0 Å². The molecule has 6 N–H and O–H groups in total. The van der Waals surface area contributed by atoms with Crippen molar-refractivity contribution >= 4 is 5.96 Å². The molecule has 5 heterocycles. The van der Waals surface area contributed by atoms with Crippen molar-refractivity contribution in [2.45, 2.75) is 67.4 Å². The Labute approximate surface area is 149 Å². The van der Waals surface area contributed by atoms with Gasteiger partial charge in [0.05, 0.1) is 12.5 Å². The van der Waals surface area contributed by atoms with Gasteiger partial charge in [-0.1, -0.05) is 0 Å². The molecule has 5 aliphatic heterocycles. The molecule has 0 aromatic heterocycles. The summed E-state index contributed by atoms with van der Waals surface area (Å²) in [5.74, 6) is -4.13. The van der Waals surface area contributed by atoms with Crippen LogP contribution in [0.1, 0.15) is 13.8 Å². The molecule has 1 saturated carbocycles. The summed E-state index contributed by atoms with van der Waals surface area (Å²) in [7, 11) is 1.45. The number of hydrogen-bond acceptors (Lipinski definition) is 9. The van der Waals surface area contributed by atoms with Gasteiger partial charge < -0.3 is 49.6 Å². The third-order valence-electron chi connectivity index (χ3n) is 6.30. The van der Waals surface area contributed by atoms with E-state index in [1.807, 2.05) is 0 Å². The van der Waals surface area contributed by atoms with Crippen LogP contribution in [0.4, 0.5) is 0 Å². The molecule has 6 unspecified atom stereocenters. The zero-order valence-corrected chi connectivity index (χ0v) is 14.6. The van der Waals surface area contributed by atoms with Crippen molar-refractivity contribution in [2.24, 2.45) is 5.92 Å². The highest BCUT2D eigenvalue weighted by molar-refractivity contribution is 5.79. The first-order valence-corrected chi connectivity index (χ1v) is 8.54. The van der Waals surface area contributed by atoms with Crippen LogP contribution in [0.25, 0.3) is 0 Å². The average Bonchev–Trinajstić information content (AvgIpc) is 2.89. The summed E-state index contributed by atoms with van der Waals surface area (Å²) in [5.41, 5.74) is -2.71. The maximum atomic E-state index is 11.2. The molecule has 6 rings (SSSR count). The van der Waals surface area contributed by atoms with Crippen LogP contribution in [-0.4, -0.2) is 88.5 Å². The summed E-state index contributed by atoms with van der Waals surface area (Å²) in [4.78, 5) is 0. The quantitative estimate of drug-likeness (QED) is 0.283. The second kappa shape index (κ2) is 4.67. The van der Waals surface area contributed by atoms with Crippen molar-refractivity contribution < 1.29 is 39.0 Å². The molecule has 0 aromatic carbocycles. The molecule has 146 valence electrons. The zero-order valence-electron chi connectivity index (χ0n) is 14.6. The second-order valence-corrected chi connectivity index (χ2v) is 8.06. The van der Waals surface area contributed by atoms with Gasteiger partial charge in [0, 0.05) is 7.11 Å². The summed E-state index contributed by atoms with van der Waals surface area (Å²) in [6.45, 7) is 3.54. The zero-order chi connectivity index (χ0) is 18.7. The van der Waals surface area contributed by atoms with Crippen molar-refractivity contribution in [3.05, 3.63) is 0 Å². The molecule has 6 fully saturated rings. The SMILES string of the molecule is CO[C@H]1NC(=N)NC23C1C1OC(O)(OC([C@@H]2O)C12COC(C)(C)O2)[C@H]3O. The van der Waals surface area contributed by atoms with Crippen LogP contribution >= 0.6 is 0 Å². The normalized spacial score (nSPS) is 59.2. The van der Waals surface area contributed by atoms with E-state index in [9.17, 15) is 15.3 Å². The first-order chi connectivity index (χ1) is 12.1. The van der Waals surface area contributed by atoms with E-state index in [0.29, 0.717) is 0 Å². The van der Waals surface area contributed by atoms with Gasteiger partial charge >= 0.3 is 5.97 Å². The standard InChI is InChI=1S/C15H23N3O8/c1-12(2)23-4-13(26-12)7-5-9(22-3)17-11(16)18-14(5)6(19)8(13)25-15(21,24-7)10(14)20/h5-10,19-21H,4H2,1-3H3,(H3,16,17,18)/t5?,6-,7?,8?,9+,10-,13?,14?,15?/m0/s1. The van der Waals surface area contributed by atoms with Crippen molar-refractivity contribution in [3.8, 4) is 0 Å². The molecule has 26 heavy (non-hydrogen) atoms. The van der Waals surface area contributed by atoms with Crippen LogP contribution in [0.3, 0.4) is 0 Å². The molecule has 0 amide bonds. The van der Waals surface area contributed by atoms with Crippen molar-refractivity contribution in [1.29, 1.82) is 5.41 Å². The first-order valence-electron chi connectivity index (χ1n) is 8.54. The molecule has 11 heteroatoms. The summed E-state index contributed by atoms with van der Waals surface area (Å²) in [6, 6.07) is 0. The molecular formula is C15H23N3O8. The molecule has 0 aromatic rings. The van der Waals surface area contributed by atoms with Crippen molar-refractivity contribution in [2.75, 3.05) is 13.7 Å². The number of guanidine groups is 1. The summed E-state index contributed by atoms with van der Waals surface area (Å²) < 4.78 is 28.7. The summed E-state index contributed by atoms with van der Waals surface area (Å²) >= 11 is 0. The topological polar surface area (TPSA) is 155 Å². The van der Waals surface area contributed by atoms with E-state index >= 15 is 0 Å². The van der Waals surface area contributed by atoms with Gasteiger partial charge in [0.2, 0.25) is 0 Å². The fraction of sp³-hybridized carbons (Fsp3) is 0.933. The Hall–Kier alpha value is -1.05. The number of nitrogens with one attached hydrogen (secondary N) is 3. The van der Waals surface area contributed by atoms with Gasteiger partial charge in [-0.05, 0) is 13.8 Å².